The van der Waals surface area contributed by atoms with Crippen molar-refractivity contribution in [2.45, 2.75) is 4.90 Å². The van der Waals surface area contributed by atoms with Crippen LogP contribution in [0.15, 0.2) is 23.1 Å². The molecule has 0 bridgehead atoms. The van der Waals surface area contributed by atoms with Crippen molar-refractivity contribution in [1.82, 2.24) is 9.21 Å². The van der Waals surface area contributed by atoms with Crippen molar-refractivity contribution in [2.24, 2.45) is 5.73 Å². The maximum absolute atomic E-state index is 12.8. The maximum Gasteiger partial charge on any atom is 0.247 e. The minimum atomic E-state index is -3.67. The number of methoxy groups -OCH3 is 2. The molecular weight excluding hydrogens is 326 g/mol. The lowest BCUT2D eigenvalue weighted by molar-refractivity contribution is 0.266. The number of piperazine rings is 1. The van der Waals surface area contributed by atoms with Gasteiger partial charge in [-0.25, -0.2) is 8.42 Å². The van der Waals surface area contributed by atoms with Gasteiger partial charge in [0.2, 0.25) is 10.0 Å². The highest BCUT2D eigenvalue weighted by Gasteiger charge is 2.31. The Hall–Kier alpha value is -1.58. The summed E-state index contributed by atoms with van der Waals surface area (Å²) in [6.07, 6.45) is 0. The van der Waals surface area contributed by atoms with Crippen molar-refractivity contribution < 1.29 is 17.9 Å². The van der Waals surface area contributed by atoms with Crippen LogP contribution >= 0.6 is 12.2 Å². The van der Waals surface area contributed by atoms with Crippen LogP contribution in [0.4, 0.5) is 0 Å². The van der Waals surface area contributed by atoms with Crippen molar-refractivity contribution >= 4 is 27.4 Å². The largest absolute Gasteiger partial charge is 0.497 e. The van der Waals surface area contributed by atoms with Gasteiger partial charge >= 0.3 is 0 Å². The zero-order chi connectivity index (χ0) is 16.3. The van der Waals surface area contributed by atoms with Gasteiger partial charge in [0.1, 0.15) is 16.4 Å². The summed E-state index contributed by atoms with van der Waals surface area (Å²) in [5.74, 6) is 0.749. The molecule has 2 N–H and O–H groups in total. The van der Waals surface area contributed by atoms with Crippen LogP contribution in [-0.4, -0.2) is 63.1 Å². The predicted molar refractivity (Wildman–Crippen MR) is 86.7 cm³/mol. The summed E-state index contributed by atoms with van der Waals surface area (Å²) in [6.45, 7) is 1.59. The molecule has 1 aromatic carbocycles. The lowest BCUT2D eigenvalue weighted by Gasteiger charge is -2.34. The smallest absolute Gasteiger partial charge is 0.247 e. The van der Waals surface area contributed by atoms with Crippen LogP contribution in [-0.2, 0) is 10.0 Å². The highest BCUT2D eigenvalue weighted by molar-refractivity contribution is 7.89. The predicted octanol–water partition coefficient (Wildman–Crippen LogP) is 0.254. The van der Waals surface area contributed by atoms with Crippen molar-refractivity contribution in [3.63, 3.8) is 0 Å². The second-order valence-electron chi connectivity index (χ2n) is 4.75. The van der Waals surface area contributed by atoms with E-state index in [1.54, 1.807) is 17.0 Å². The quantitative estimate of drug-likeness (QED) is 0.783. The van der Waals surface area contributed by atoms with E-state index >= 15 is 0 Å². The van der Waals surface area contributed by atoms with Crippen molar-refractivity contribution in [1.29, 1.82) is 0 Å². The minimum absolute atomic E-state index is 0.0955. The SMILES string of the molecule is COc1ccc(OC)c(S(=O)(=O)N2CCN(C(N)=S)CC2)c1. The van der Waals surface area contributed by atoms with Crippen molar-refractivity contribution in [2.75, 3.05) is 40.4 Å². The van der Waals surface area contributed by atoms with Crippen LogP contribution in [0, 0.1) is 0 Å². The van der Waals surface area contributed by atoms with Gasteiger partial charge in [-0.15, -0.1) is 0 Å². The second kappa shape index (κ2) is 6.67. The molecule has 2 rings (SSSR count). The summed E-state index contributed by atoms with van der Waals surface area (Å²) < 4.78 is 37.3. The molecule has 22 heavy (non-hydrogen) atoms. The molecule has 9 heteroatoms. The first kappa shape index (κ1) is 16.8. The molecule has 1 heterocycles. The maximum atomic E-state index is 12.8. The Morgan fingerprint density at radius 1 is 1.18 bits per heavy atom. The molecule has 1 aromatic rings. The lowest BCUT2D eigenvalue weighted by atomic mass is 10.3. The van der Waals surface area contributed by atoms with Gasteiger partial charge in [-0.3, -0.25) is 0 Å². The van der Waals surface area contributed by atoms with Crippen molar-refractivity contribution in [3.05, 3.63) is 18.2 Å². The number of sulfonamides is 1. The zero-order valence-corrected chi connectivity index (χ0v) is 14.1. The lowest BCUT2D eigenvalue weighted by Crippen LogP contribution is -2.51. The molecule has 1 aliphatic heterocycles. The molecule has 0 atom stereocenters. The van der Waals surface area contributed by atoms with Crippen LogP contribution in [0.25, 0.3) is 0 Å². The summed E-state index contributed by atoms with van der Waals surface area (Å²) in [5, 5.41) is 0.288. The molecule has 1 aliphatic rings. The van der Waals surface area contributed by atoms with Gasteiger partial charge < -0.3 is 20.1 Å². The highest BCUT2D eigenvalue weighted by atomic mass is 32.2. The first-order chi connectivity index (χ1) is 10.4. The number of nitrogens with two attached hydrogens (primary N) is 1. The third kappa shape index (κ3) is 3.26. The average molecular weight is 345 g/mol. The number of thiocarbonyl (C=S) groups is 1. The van der Waals surface area contributed by atoms with Gasteiger partial charge in [-0.1, -0.05) is 0 Å². The fraction of sp³-hybridized carbons (Fsp3) is 0.462. The van der Waals surface area contributed by atoms with Gasteiger partial charge in [-0.2, -0.15) is 4.31 Å². The van der Waals surface area contributed by atoms with Gasteiger partial charge in [0.25, 0.3) is 0 Å². The van der Waals surface area contributed by atoms with E-state index in [9.17, 15) is 8.42 Å². The van der Waals surface area contributed by atoms with Gasteiger partial charge in [0.05, 0.1) is 14.2 Å². The fourth-order valence-corrected chi connectivity index (χ4v) is 4.05. The van der Waals surface area contributed by atoms with E-state index in [1.165, 1.54) is 24.6 Å². The number of benzene rings is 1. The second-order valence-corrected chi connectivity index (χ2v) is 7.07. The van der Waals surface area contributed by atoms with E-state index in [4.69, 9.17) is 27.4 Å². The summed E-state index contributed by atoms with van der Waals surface area (Å²) in [6, 6.07) is 4.70. The monoisotopic (exact) mass is 345 g/mol. The van der Waals surface area contributed by atoms with E-state index in [1.807, 2.05) is 0 Å². The van der Waals surface area contributed by atoms with Gasteiger partial charge in [0.15, 0.2) is 5.11 Å². The third-order valence-corrected chi connectivity index (χ3v) is 5.72. The summed E-state index contributed by atoms with van der Waals surface area (Å²) in [5.41, 5.74) is 5.57. The minimum Gasteiger partial charge on any atom is -0.497 e. The Balaban J connectivity index is 2.29. The summed E-state index contributed by atoms with van der Waals surface area (Å²) in [4.78, 5) is 1.88. The fourth-order valence-electron chi connectivity index (χ4n) is 2.27. The molecule has 122 valence electrons. The molecule has 0 amide bonds. The van der Waals surface area contributed by atoms with Crippen LogP contribution in [0.2, 0.25) is 0 Å². The van der Waals surface area contributed by atoms with Crippen LogP contribution in [0.1, 0.15) is 0 Å². The van der Waals surface area contributed by atoms with Crippen molar-refractivity contribution in [3.8, 4) is 11.5 Å². The molecular formula is C13H19N3O4S2. The highest BCUT2D eigenvalue weighted by Crippen LogP contribution is 2.30. The van der Waals surface area contributed by atoms with E-state index in [-0.39, 0.29) is 15.8 Å². The molecule has 1 saturated heterocycles. The number of hydrogen-bond donors (Lipinski definition) is 1. The number of ether oxygens (including phenoxy) is 2. The molecule has 0 unspecified atom stereocenters. The topological polar surface area (TPSA) is 85.1 Å². The molecule has 0 saturated carbocycles. The van der Waals surface area contributed by atoms with Crippen LogP contribution in [0.3, 0.4) is 0 Å². The number of nitrogens with zero attached hydrogens (tertiary/aromatic N) is 2. The Kier molecular flexibility index (Phi) is 5.09. The molecule has 0 radical (unpaired) electrons. The molecule has 0 aromatic heterocycles. The Morgan fingerprint density at radius 2 is 1.82 bits per heavy atom. The van der Waals surface area contributed by atoms with E-state index in [2.05, 4.69) is 0 Å². The summed E-state index contributed by atoms with van der Waals surface area (Å²) >= 11 is 4.91. The molecule has 7 nitrogen and oxygen atoms in total. The van der Waals surface area contributed by atoms with Gasteiger partial charge in [0, 0.05) is 32.2 Å². The van der Waals surface area contributed by atoms with Gasteiger partial charge in [-0.05, 0) is 24.4 Å². The normalized spacial score (nSPS) is 16.4. The first-order valence-corrected chi connectivity index (χ1v) is 8.51. The van der Waals surface area contributed by atoms with E-state index in [0.717, 1.165) is 0 Å². The zero-order valence-electron chi connectivity index (χ0n) is 12.5. The molecule has 0 spiro atoms. The first-order valence-electron chi connectivity index (χ1n) is 6.66. The number of rotatable bonds is 4. The summed E-state index contributed by atoms with van der Waals surface area (Å²) in [7, 11) is -0.748. The molecule has 1 fully saturated rings. The van der Waals surface area contributed by atoms with Crippen LogP contribution in [0.5, 0.6) is 11.5 Å². The average Bonchev–Trinajstić information content (AvgIpc) is 2.54. The standard InChI is InChI=1S/C13H19N3O4S2/c1-19-10-3-4-11(20-2)12(9-10)22(17,18)16-7-5-15(6-8-16)13(14)21/h3-4,9H,5-8H2,1-2H3,(H2,14,21). The Morgan fingerprint density at radius 3 is 2.32 bits per heavy atom. The van der Waals surface area contributed by atoms with E-state index < -0.39 is 10.0 Å². The van der Waals surface area contributed by atoms with E-state index in [0.29, 0.717) is 31.9 Å². The van der Waals surface area contributed by atoms with Crippen LogP contribution < -0.4 is 15.2 Å². The Labute approximate surface area is 135 Å². The number of hydrogen-bond acceptors (Lipinski definition) is 5. The Bertz CT molecular complexity index is 655. The molecule has 0 aliphatic carbocycles. The third-order valence-electron chi connectivity index (χ3n) is 3.54.